The standard InChI is InChI=1S/C18H21N5/c1-13-5-7-15(8-6-13)22-18(19)20-10-9-16-12-23-11-3-4-14(2)17(23)21-16/h3-8,11-12H,9-10H2,1-2H3,(H3,19,20,22). The second-order valence-corrected chi connectivity index (χ2v) is 5.66. The fourth-order valence-electron chi connectivity index (χ4n) is 2.44. The van der Waals surface area contributed by atoms with E-state index in [9.17, 15) is 0 Å². The minimum absolute atomic E-state index is 0.425. The van der Waals surface area contributed by atoms with Crippen molar-refractivity contribution in [2.75, 3.05) is 11.9 Å². The Bertz CT molecular complexity index is 830. The normalized spacial score (nSPS) is 11.8. The second kappa shape index (κ2) is 6.52. The number of imidazole rings is 1. The van der Waals surface area contributed by atoms with Gasteiger partial charge in [-0.1, -0.05) is 23.8 Å². The lowest BCUT2D eigenvalue weighted by molar-refractivity contribution is 0.934. The zero-order chi connectivity index (χ0) is 16.2. The molecule has 3 aromatic rings. The van der Waals surface area contributed by atoms with Crippen molar-refractivity contribution in [1.82, 2.24) is 9.38 Å². The summed E-state index contributed by atoms with van der Waals surface area (Å²) in [5.41, 5.74) is 11.3. The Kier molecular flexibility index (Phi) is 4.28. The highest BCUT2D eigenvalue weighted by Gasteiger charge is 2.03. The van der Waals surface area contributed by atoms with Crippen LogP contribution in [-0.4, -0.2) is 21.9 Å². The molecule has 3 N–H and O–H groups in total. The van der Waals surface area contributed by atoms with Crippen molar-refractivity contribution in [3.63, 3.8) is 0 Å². The highest BCUT2D eigenvalue weighted by Crippen LogP contribution is 2.10. The first-order valence-electron chi connectivity index (χ1n) is 7.68. The number of nitrogens with one attached hydrogen (secondary N) is 1. The molecule has 2 heterocycles. The molecule has 2 aromatic heterocycles. The second-order valence-electron chi connectivity index (χ2n) is 5.66. The van der Waals surface area contributed by atoms with Crippen LogP contribution in [0.1, 0.15) is 16.8 Å². The molecule has 0 aliphatic rings. The summed E-state index contributed by atoms with van der Waals surface area (Å²) in [5.74, 6) is 0.425. The number of aryl methyl sites for hydroxylation is 2. The molecule has 0 saturated carbocycles. The van der Waals surface area contributed by atoms with E-state index in [2.05, 4.69) is 35.2 Å². The van der Waals surface area contributed by atoms with Gasteiger partial charge in [0.2, 0.25) is 0 Å². The van der Waals surface area contributed by atoms with Gasteiger partial charge < -0.3 is 15.5 Å². The van der Waals surface area contributed by atoms with Crippen molar-refractivity contribution >= 4 is 17.3 Å². The number of aromatic nitrogens is 2. The Morgan fingerprint density at radius 3 is 2.74 bits per heavy atom. The first-order chi connectivity index (χ1) is 11.1. The third kappa shape index (κ3) is 3.69. The third-order valence-electron chi connectivity index (χ3n) is 3.70. The van der Waals surface area contributed by atoms with Crippen molar-refractivity contribution in [3.8, 4) is 0 Å². The molecule has 1 aromatic carbocycles. The van der Waals surface area contributed by atoms with Gasteiger partial charge in [-0.15, -0.1) is 0 Å². The van der Waals surface area contributed by atoms with Crippen molar-refractivity contribution in [2.24, 2.45) is 10.7 Å². The van der Waals surface area contributed by atoms with Crippen LogP contribution in [0.4, 0.5) is 5.69 Å². The van der Waals surface area contributed by atoms with E-state index in [1.54, 1.807) is 0 Å². The molecular formula is C18H21N5. The predicted octanol–water partition coefficient (Wildman–Crippen LogP) is 2.92. The summed E-state index contributed by atoms with van der Waals surface area (Å²) in [6.07, 6.45) is 4.81. The average Bonchev–Trinajstić information content (AvgIpc) is 2.94. The first-order valence-corrected chi connectivity index (χ1v) is 7.68. The van der Waals surface area contributed by atoms with Crippen LogP contribution >= 0.6 is 0 Å². The maximum atomic E-state index is 5.92. The lowest BCUT2D eigenvalue weighted by atomic mass is 10.2. The van der Waals surface area contributed by atoms with Gasteiger partial charge in [0.25, 0.3) is 0 Å². The fraction of sp³-hybridized carbons (Fsp3) is 0.222. The Hall–Kier alpha value is -2.82. The molecule has 118 valence electrons. The first kappa shape index (κ1) is 15.1. The van der Waals surface area contributed by atoms with Crippen LogP contribution in [0.25, 0.3) is 5.65 Å². The van der Waals surface area contributed by atoms with Gasteiger partial charge in [0.1, 0.15) is 5.65 Å². The van der Waals surface area contributed by atoms with E-state index in [0.717, 1.165) is 23.4 Å². The van der Waals surface area contributed by atoms with Gasteiger partial charge in [-0.25, -0.2) is 4.98 Å². The zero-order valence-corrected chi connectivity index (χ0v) is 13.5. The van der Waals surface area contributed by atoms with Gasteiger partial charge in [-0.3, -0.25) is 4.99 Å². The number of aliphatic imine (C=N–C) groups is 1. The third-order valence-corrected chi connectivity index (χ3v) is 3.70. The topological polar surface area (TPSA) is 67.7 Å². The summed E-state index contributed by atoms with van der Waals surface area (Å²) in [5, 5.41) is 3.09. The van der Waals surface area contributed by atoms with Crippen LogP contribution in [-0.2, 0) is 6.42 Å². The molecule has 0 amide bonds. The Morgan fingerprint density at radius 1 is 1.22 bits per heavy atom. The number of pyridine rings is 1. The van der Waals surface area contributed by atoms with Crippen LogP contribution in [0.3, 0.4) is 0 Å². The summed E-state index contributed by atoms with van der Waals surface area (Å²) in [6.45, 7) is 4.72. The van der Waals surface area contributed by atoms with Gasteiger partial charge in [0.05, 0.1) is 5.69 Å². The largest absolute Gasteiger partial charge is 0.370 e. The number of guanidine groups is 1. The van der Waals surface area contributed by atoms with E-state index in [0.29, 0.717) is 12.5 Å². The molecule has 23 heavy (non-hydrogen) atoms. The molecule has 0 fully saturated rings. The van der Waals surface area contributed by atoms with E-state index >= 15 is 0 Å². The molecule has 0 aliphatic heterocycles. The van der Waals surface area contributed by atoms with Crippen LogP contribution in [0, 0.1) is 13.8 Å². The molecule has 5 heteroatoms. The number of hydrogen-bond acceptors (Lipinski definition) is 2. The molecule has 0 unspecified atom stereocenters. The van der Waals surface area contributed by atoms with Gasteiger partial charge in [0, 0.05) is 31.0 Å². The molecular weight excluding hydrogens is 286 g/mol. The summed E-state index contributed by atoms with van der Waals surface area (Å²) in [6, 6.07) is 12.1. The summed E-state index contributed by atoms with van der Waals surface area (Å²) in [4.78, 5) is 9.00. The molecule has 0 bridgehead atoms. The number of fused-ring (bicyclic) bond motifs is 1. The lowest BCUT2D eigenvalue weighted by Crippen LogP contribution is -2.23. The Morgan fingerprint density at radius 2 is 2.00 bits per heavy atom. The number of hydrogen-bond donors (Lipinski definition) is 2. The lowest BCUT2D eigenvalue weighted by Gasteiger charge is -2.05. The number of benzene rings is 1. The van der Waals surface area contributed by atoms with Crippen LogP contribution in [0.5, 0.6) is 0 Å². The van der Waals surface area contributed by atoms with Crippen molar-refractivity contribution < 1.29 is 0 Å². The Labute approximate surface area is 135 Å². The molecule has 0 spiro atoms. The van der Waals surface area contributed by atoms with E-state index < -0.39 is 0 Å². The fourth-order valence-corrected chi connectivity index (χ4v) is 2.44. The molecule has 0 atom stereocenters. The summed E-state index contributed by atoms with van der Waals surface area (Å²) >= 11 is 0. The summed E-state index contributed by atoms with van der Waals surface area (Å²) < 4.78 is 2.04. The number of anilines is 1. The highest BCUT2D eigenvalue weighted by molar-refractivity contribution is 5.92. The quantitative estimate of drug-likeness (QED) is 0.575. The van der Waals surface area contributed by atoms with Crippen molar-refractivity contribution in [2.45, 2.75) is 20.3 Å². The number of rotatable bonds is 4. The molecule has 3 rings (SSSR count). The average molecular weight is 307 g/mol. The Balaban J connectivity index is 1.60. The van der Waals surface area contributed by atoms with E-state index in [1.807, 2.05) is 47.1 Å². The molecule has 5 nitrogen and oxygen atoms in total. The zero-order valence-electron chi connectivity index (χ0n) is 13.5. The van der Waals surface area contributed by atoms with Crippen molar-refractivity contribution in [1.29, 1.82) is 0 Å². The van der Waals surface area contributed by atoms with Crippen LogP contribution in [0.15, 0.2) is 53.8 Å². The van der Waals surface area contributed by atoms with Crippen molar-refractivity contribution in [3.05, 3.63) is 65.6 Å². The number of nitrogens with zero attached hydrogens (tertiary/aromatic N) is 3. The SMILES string of the molecule is Cc1ccc(NC(N)=NCCc2cn3cccc(C)c3n2)cc1. The van der Waals surface area contributed by atoms with E-state index in [1.165, 1.54) is 11.1 Å². The van der Waals surface area contributed by atoms with Crippen LogP contribution < -0.4 is 11.1 Å². The smallest absolute Gasteiger partial charge is 0.193 e. The molecule has 0 saturated heterocycles. The van der Waals surface area contributed by atoms with Gasteiger partial charge >= 0.3 is 0 Å². The molecule has 0 aliphatic carbocycles. The minimum Gasteiger partial charge on any atom is -0.370 e. The van der Waals surface area contributed by atoms with E-state index in [4.69, 9.17) is 5.73 Å². The minimum atomic E-state index is 0.425. The predicted molar refractivity (Wildman–Crippen MR) is 94.9 cm³/mol. The van der Waals surface area contributed by atoms with Gasteiger partial charge in [-0.05, 0) is 37.6 Å². The van der Waals surface area contributed by atoms with Gasteiger partial charge in [0.15, 0.2) is 5.96 Å². The molecule has 0 radical (unpaired) electrons. The monoisotopic (exact) mass is 307 g/mol. The van der Waals surface area contributed by atoms with E-state index in [-0.39, 0.29) is 0 Å². The summed E-state index contributed by atoms with van der Waals surface area (Å²) in [7, 11) is 0. The highest BCUT2D eigenvalue weighted by atomic mass is 15.1. The maximum Gasteiger partial charge on any atom is 0.193 e. The number of nitrogens with two attached hydrogens (primary N) is 1. The van der Waals surface area contributed by atoms with Gasteiger partial charge in [-0.2, -0.15) is 0 Å². The maximum absolute atomic E-state index is 5.92. The van der Waals surface area contributed by atoms with Crippen LogP contribution in [0.2, 0.25) is 0 Å².